The molecule has 0 spiro atoms. The van der Waals surface area contributed by atoms with Crippen molar-refractivity contribution in [2.75, 3.05) is 13.2 Å². The summed E-state index contributed by atoms with van der Waals surface area (Å²) < 4.78 is 6.04. The fourth-order valence-electron chi connectivity index (χ4n) is 2.80. The summed E-state index contributed by atoms with van der Waals surface area (Å²) >= 11 is 0. The topological polar surface area (TPSA) is 35.2 Å². The van der Waals surface area contributed by atoms with Crippen molar-refractivity contribution in [2.24, 2.45) is 5.73 Å². The first-order chi connectivity index (χ1) is 10.6. The van der Waals surface area contributed by atoms with Gasteiger partial charge in [-0.25, -0.2) is 0 Å². The number of hydrogen-bond donors (Lipinski definition) is 1. The first kappa shape index (κ1) is 16.6. The number of nitrogens with two attached hydrogens (primary N) is 1. The minimum absolute atomic E-state index is 0.421. The SMILES string of the molecule is Cc1ccc(C)c(OCCCC(CN)c2ccccc2)c1C. The van der Waals surface area contributed by atoms with Crippen molar-refractivity contribution in [2.45, 2.75) is 39.5 Å². The fourth-order valence-corrected chi connectivity index (χ4v) is 2.80. The van der Waals surface area contributed by atoms with E-state index >= 15 is 0 Å². The number of aryl methyl sites for hydroxylation is 2. The van der Waals surface area contributed by atoms with E-state index in [0.717, 1.165) is 25.2 Å². The van der Waals surface area contributed by atoms with Crippen LogP contribution in [0.3, 0.4) is 0 Å². The lowest BCUT2D eigenvalue weighted by atomic mass is 9.94. The van der Waals surface area contributed by atoms with Crippen molar-refractivity contribution in [3.8, 4) is 5.75 Å². The van der Waals surface area contributed by atoms with Gasteiger partial charge < -0.3 is 10.5 Å². The number of benzene rings is 2. The molecule has 0 heterocycles. The summed E-state index contributed by atoms with van der Waals surface area (Å²) in [7, 11) is 0. The first-order valence-electron chi connectivity index (χ1n) is 8.08. The van der Waals surface area contributed by atoms with Gasteiger partial charge in [-0.15, -0.1) is 0 Å². The van der Waals surface area contributed by atoms with Crippen LogP contribution in [0.25, 0.3) is 0 Å². The van der Waals surface area contributed by atoms with E-state index in [-0.39, 0.29) is 0 Å². The van der Waals surface area contributed by atoms with Crippen LogP contribution in [-0.2, 0) is 0 Å². The molecule has 0 aliphatic carbocycles. The molecular formula is C20H27NO. The minimum Gasteiger partial charge on any atom is -0.493 e. The van der Waals surface area contributed by atoms with Gasteiger partial charge in [0, 0.05) is 0 Å². The van der Waals surface area contributed by atoms with Crippen molar-refractivity contribution in [1.29, 1.82) is 0 Å². The highest BCUT2D eigenvalue weighted by atomic mass is 16.5. The van der Waals surface area contributed by atoms with Crippen LogP contribution in [0.4, 0.5) is 0 Å². The van der Waals surface area contributed by atoms with Gasteiger partial charge in [-0.2, -0.15) is 0 Å². The smallest absolute Gasteiger partial charge is 0.125 e. The van der Waals surface area contributed by atoms with Gasteiger partial charge in [0.25, 0.3) is 0 Å². The summed E-state index contributed by atoms with van der Waals surface area (Å²) in [5.41, 5.74) is 11.0. The molecule has 2 N–H and O–H groups in total. The van der Waals surface area contributed by atoms with Crippen molar-refractivity contribution in [3.63, 3.8) is 0 Å². The Balaban J connectivity index is 1.88. The van der Waals surface area contributed by atoms with Crippen LogP contribution in [-0.4, -0.2) is 13.2 Å². The molecule has 118 valence electrons. The van der Waals surface area contributed by atoms with E-state index in [0.29, 0.717) is 12.5 Å². The Morgan fingerprint density at radius 3 is 2.32 bits per heavy atom. The number of rotatable bonds is 7. The van der Waals surface area contributed by atoms with Crippen LogP contribution >= 0.6 is 0 Å². The zero-order chi connectivity index (χ0) is 15.9. The molecule has 2 aromatic rings. The second-order valence-corrected chi connectivity index (χ2v) is 5.99. The molecule has 2 heteroatoms. The van der Waals surface area contributed by atoms with E-state index in [1.807, 2.05) is 6.07 Å². The quantitative estimate of drug-likeness (QED) is 0.763. The Morgan fingerprint density at radius 1 is 0.955 bits per heavy atom. The molecule has 2 rings (SSSR count). The van der Waals surface area contributed by atoms with Gasteiger partial charge in [0.15, 0.2) is 0 Å². The average molecular weight is 297 g/mol. The highest BCUT2D eigenvalue weighted by molar-refractivity contribution is 5.44. The highest BCUT2D eigenvalue weighted by Crippen LogP contribution is 2.26. The Hall–Kier alpha value is -1.80. The Labute approximate surface area is 134 Å². The van der Waals surface area contributed by atoms with Crippen LogP contribution in [0.5, 0.6) is 5.75 Å². The molecule has 0 aliphatic rings. The van der Waals surface area contributed by atoms with E-state index in [1.165, 1.54) is 22.3 Å². The molecular weight excluding hydrogens is 270 g/mol. The van der Waals surface area contributed by atoms with Crippen molar-refractivity contribution >= 4 is 0 Å². The lowest BCUT2D eigenvalue weighted by Crippen LogP contribution is -2.14. The molecule has 0 bridgehead atoms. The molecule has 2 aromatic carbocycles. The third-order valence-electron chi connectivity index (χ3n) is 4.37. The minimum atomic E-state index is 0.421. The molecule has 0 aliphatic heterocycles. The van der Waals surface area contributed by atoms with Gasteiger partial charge in [-0.05, 0) is 68.3 Å². The lowest BCUT2D eigenvalue weighted by Gasteiger charge is -2.17. The first-order valence-corrected chi connectivity index (χ1v) is 8.08. The van der Waals surface area contributed by atoms with Crippen LogP contribution in [0.2, 0.25) is 0 Å². The summed E-state index contributed by atoms with van der Waals surface area (Å²) in [5, 5.41) is 0. The monoisotopic (exact) mass is 297 g/mol. The molecule has 0 saturated carbocycles. The van der Waals surface area contributed by atoms with Crippen molar-refractivity contribution < 1.29 is 4.74 Å². The maximum Gasteiger partial charge on any atom is 0.125 e. The largest absolute Gasteiger partial charge is 0.493 e. The second-order valence-electron chi connectivity index (χ2n) is 5.99. The normalized spacial score (nSPS) is 12.2. The summed E-state index contributed by atoms with van der Waals surface area (Å²) in [6, 6.07) is 14.8. The van der Waals surface area contributed by atoms with Gasteiger partial charge in [-0.3, -0.25) is 0 Å². The van der Waals surface area contributed by atoms with Crippen LogP contribution in [0.15, 0.2) is 42.5 Å². The van der Waals surface area contributed by atoms with Crippen LogP contribution < -0.4 is 10.5 Å². The molecule has 1 unspecified atom stereocenters. The number of ether oxygens (including phenoxy) is 1. The van der Waals surface area contributed by atoms with Crippen LogP contribution in [0.1, 0.15) is 41.0 Å². The molecule has 0 radical (unpaired) electrons. The summed E-state index contributed by atoms with van der Waals surface area (Å²) in [6.45, 7) is 7.79. The zero-order valence-electron chi connectivity index (χ0n) is 13.9. The van der Waals surface area contributed by atoms with Gasteiger partial charge in [0.1, 0.15) is 5.75 Å². The van der Waals surface area contributed by atoms with Gasteiger partial charge >= 0.3 is 0 Å². The summed E-state index contributed by atoms with van der Waals surface area (Å²) in [4.78, 5) is 0. The van der Waals surface area contributed by atoms with E-state index in [2.05, 4.69) is 57.2 Å². The van der Waals surface area contributed by atoms with Crippen molar-refractivity contribution in [3.05, 3.63) is 64.7 Å². The molecule has 2 nitrogen and oxygen atoms in total. The van der Waals surface area contributed by atoms with Gasteiger partial charge in [0.2, 0.25) is 0 Å². The molecule has 22 heavy (non-hydrogen) atoms. The molecule has 0 fully saturated rings. The lowest BCUT2D eigenvalue weighted by molar-refractivity contribution is 0.298. The maximum absolute atomic E-state index is 6.04. The Bertz CT molecular complexity index is 592. The van der Waals surface area contributed by atoms with E-state index < -0.39 is 0 Å². The zero-order valence-corrected chi connectivity index (χ0v) is 13.9. The third kappa shape index (κ3) is 4.11. The van der Waals surface area contributed by atoms with E-state index in [9.17, 15) is 0 Å². The molecule has 0 amide bonds. The maximum atomic E-state index is 6.04. The molecule has 1 atom stereocenters. The Kier molecular flexibility index (Phi) is 6.02. The number of hydrogen-bond acceptors (Lipinski definition) is 2. The predicted molar refractivity (Wildman–Crippen MR) is 93.6 cm³/mol. The van der Waals surface area contributed by atoms with Crippen LogP contribution in [0, 0.1) is 20.8 Å². The fraction of sp³-hybridized carbons (Fsp3) is 0.400. The van der Waals surface area contributed by atoms with Gasteiger partial charge in [-0.1, -0.05) is 42.5 Å². The summed E-state index contributed by atoms with van der Waals surface area (Å²) in [6.07, 6.45) is 2.08. The highest BCUT2D eigenvalue weighted by Gasteiger charge is 2.10. The molecule has 0 aromatic heterocycles. The summed E-state index contributed by atoms with van der Waals surface area (Å²) in [5.74, 6) is 1.47. The van der Waals surface area contributed by atoms with E-state index in [4.69, 9.17) is 10.5 Å². The van der Waals surface area contributed by atoms with Gasteiger partial charge in [0.05, 0.1) is 6.61 Å². The predicted octanol–water partition coefficient (Wildman–Crippen LogP) is 4.51. The van der Waals surface area contributed by atoms with Crippen molar-refractivity contribution in [1.82, 2.24) is 0 Å². The average Bonchev–Trinajstić information content (AvgIpc) is 2.55. The van der Waals surface area contributed by atoms with E-state index in [1.54, 1.807) is 0 Å². The third-order valence-corrected chi connectivity index (χ3v) is 4.37. The molecule has 0 saturated heterocycles. The second kappa shape index (κ2) is 8.00. The standard InChI is InChI=1S/C20H27NO/c1-15-11-12-16(2)20(17(15)3)22-13-7-10-19(14-21)18-8-5-4-6-9-18/h4-6,8-9,11-12,19H,7,10,13-14,21H2,1-3H3. The Morgan fingerprint density at radius 2 is 1.64 bits per heavy atom.